The number of halogens is 3. The van der Waals surface area contributed by atoms with Crippen LogP contribution in [0.2, 0.25) is 0 Å². The van der Waals surface area contributed by atoms with Crippen LogP contribution in [0.25, 0.3) is 0 Å². The Balaban J connectivity index is 0. The Bertz CT molecular complexity index is 59.9. The summed E-state index contributed by atoms with van der Waals surface area (Å²) in [6.07, 6.45) is 0. The van der Waals surface area contributed by atoms with Crippen molar-refractivity contribution in [2.24, 2.45) is 0 Å². The van der Waals surface area contributed by atoms with Gasteiger partial charge in [0, 0.05) is 0 Å². The molecule has 0 atom stereocenters. The van der Waals surface area contributed by atoms with E-state index in [-0.39, 0.29) is 0 Å². The number of hydrogen-bond acceptors (Lipinski definition) is 1. The molecule has 4 heteroatoms. The Morgan fingerprint density at radius 2 is 1.33 bits per heavy atom. The van der Waals surface area contributed by atoms with Crippen LogP contribution in [0.4, 0.5) is 0 Å². The highest BCUT2D eigenvalue weighted by atomic mass is 35.6. The summed E-state index contributed by atoms with van der Waals surface area (Å²) in [4.78, 5) is 0. The van der Waals surface area contributed by atoms with Gasteiger partial charge in [0.2, 0.25) is 0 Å². The van der Waals surface area contributed by atoms with Gasteiger partial charge in [-0.2, -0.15) is 0 Å². The predicted octanol–water partition coefficient (Wildman–Crippen LogP) is 2.76. The minimum atomic E-state index is -1.83. The first kappa shape index (κ1) is 9.83. The fourth-order valence-electron chi connectivity index (χ4n) is 0. The molecule has 0 saturated carbocycles. The van der Waals surface area contributed by atoms with Crippen molar-refractivity contribution in [1.82, 2.24) is 0 Å². The van der Waals surface area contributed by atoms with E-state index < -0.39 is 9.87 Å². The zero-order chi connectivity index (χ0) is 9.00. The van der Waals surface area contributed by atoms with Crippen molar-refractivity contribution in [3.8, 4) is 0 Å². The average Bonchev–Trinajstić information content (AvgIpc) is 1.12. The van der Waals surface area contributed by atoms with Crippen LogP contribution in [0.5, 0.6) is 0 Å². The lowest BCUT2D eigenvalue weighted by Crippen LogP contribution is -2.10. The molecule has 0 aliphatic carbocycles. The van der Waals surface area contributed by atoms with E-state index in [1.54, 1.807) is 20.8 Å². The van der Waals surface area contributed by atoms with Gasteiger partial charge in [0.15, 0.2) is 4.27 Å². The van der Waals surface area contributed by atoms with E-state index in [9.17, 15) is 0 Å². The minimum absolute atomic E-state index is 0.500. The molecule has 0 aromatic heterocycles. The fraction of sp³-hybridized carbons (Fsp3) is 1.00. The van der Waals surface area contributed by atoms with E-state index in [1.807, 2.05) is 0 Å². The van der Waals surface area contributed by atoms with Crippen molar-refractivity contribution >= 4 is 34.8 Å². The van der Waals surface area contributed by atoms with Crippen LogP contribution in [0.3, 0.4) is 0 Å². The van der Waals surface area contributed by atoms with Gasteiger partial charge in [-0.15, -0.1) is 0 Å². The van der Waals surface area contributed by atoms with Crippen LogP contribution < -0.4 is 0 Å². The molecule has 0 heterocycles. The van der Waals surface area contributed by atoms with Gasteiger partial charge in [0.05, 0.1) is 6.97 Å². The zero-order valence-electron chi connectivity index (χ0n) is 6.58. The summed E-state index contributed by atoms with van der Waals surface area (Å²) in [5.41, 5.74) is -0.500. The van der Waals surface area contributed by atoms with Crippen LogP contribution in [-0.4, -0.2) is 15.0 Å². The van der Waals surface area contributed by atoms with E-state index in [4.69, 9.17) is 41.3 Å². The van der Waals surface area contributed by atoms with Crippen LogP contribution in [0.15, 0.2) is 0 Å². The highest BCUT2D eigenvalue weighted by Gasteiger charge is 1.97. The third-order valence-corrected chi connectivity index (χ3v) is 0. The second kappa shape index (κ2) is 5.60. The summed E-state index contributed by atoms with van der Waals surface area (Å²) < 4.78 is 4.40. The number of hydrogen-bond donors (Lipinski definition) is 1. The second-order valence-electron chi connectivity index (χ2n) is 2.39. The van der Waals surface area contributed by atoms with Crippen molar-refractivity contribution < 1.29 is 6.48 Å². The summed E-state index contributed by atoms with van der Waals surface area (Å²) in [7, 11) is 0. The second-order valence-corrected chi connectivity index (χ2v) is 4.10. The standard InChI is InChI=1S/C4H10O.CHCl3/c1-4(2,3)5;2-1(3)4/h5H,1-3H3;1H/i;1D. The van der Waals surface area contributed by atoms with E-state index >= 15 is 0 Å². The molecular weight excluding hydrogens is 182 g/mol. The first-order chi connectivity index (χ1) is 4.00. The maximum absolute atomic E-state index is 8.52. The van der Waals surface area contributed by atoms with Gasteiger partial charge < -0.3 is 5.11 Å². The molecule has 1 nitrogen and oxygen atoms in total. The third kappa shape index (κ3) is 598. The molecule has 0 radical (unpaired) electrons. The first-order valence-corrected chi connectivity index (χ1v) is 3.42. The molecule has 0 rings (SSSR count). The maximum atomic E-state index is 8.52. The summed E-state index contributed by atoms with van der Waals surface area (Å²) in [5, 5.41) is 8.52. The normalized spacial score (nSPS) is 13.4. The minimum Gasteiger partial charge on any atom is -0.391 e. The molecule has 0 unspecified atom stereocenters. The Morgan fingerprint density at radius 1 is 1.33 bits per heavy atom. The molecule has 58 valence electrons. The Kier molecular flexibility index (Phi) is 6.12. The molecule has 9 heavy (non-hydrogen) atoms. The molecule has 1 N–H and O–H groups in total. The lowest BCUT2D eigenvalue weighted by atomic mass is 10.2. The van der Waals surface area contributed by atoms with Crippen LogP contribution in [0.1, 0.15) is 22.1 Å². The molecule has 0 spiro atoms. The summed E-state index contributed by atoms with van der Waals surface area (Å²) >= 11 is 14.2. The summed E-state index contributed by atoms with van der Waals surface area (Å²) in [6.45, 7) is 5.23. The van der Waals surface area contributed by atoms with E-state index in [1.165, 1.54) is 0 Å². The van der Waals surface area contributed by atoms with Gasteiger partial charge in [0.25, 0.3) is 0 Å². The highest BCUT2D eigenvalue weighted by Crippen LogP contribution is 2.03. The van der Waals surface area contributed by atoms with Crippen molar-refractivity contribution in [1.29, 1.82) is 0 Å². The van der Waals surface area contributed by atoms with Crippen LogP contribution in [-0.2, 0) is 0 Å². The quantitative estimate of drug-likeness (QED) is 0.588. The average molecular weight is 195 g/mol. The molecule has 0 aromatic rings. The van der Waals surface area contributed by atoms with Crippen molar-refractivity contribution in [2.45, 2.75) is 30.6 Å². The lowest BCUT2D eigenvalue weighted by Gasteiger charge is -2.04. The van der Waals surface area contributed by atoms with Gasteiger partial charge in [0.1, 0.15) is 0 Å². The maximum Gasteiger partial charge on any atom is 0.180 e. The number of aliphatic hydroxyl groups is 1. The Labute approximate surface area is 72.3 Å². The van der Waals surface area contributed by atoms with Gasteiger partial charge in [-0.25, -0.2) is 0 Å². The van der Waals surface area contributed by atoms with Crippen LogP contribution in [0, 0.1) is 0 Å². The largest absolute Gasteiger partial charge is 0.391 e. The molecule has 0 aliphatic rings. The third-order valence-electron chi connectivity index (χ3n) is 0. The van der Waals surface area contributed by atoms with Crippen molar-refractivity contribution in [3.63, 3.8) is 0 Å². The molecule has 0 amide bonds. The van der Waals surface area contributed by atoms with Crippen molar-refractivity contribution in [2.75, 3.05) is 0 Å². The van der Waals surface area contributed by atoms with Gasteiger partial charge in [-0.3, -0.25) is 0 Å². The van der Waals surface area contributed by atoms with Gasteiger partial charge >= 0.3 is 0 Å². The Hall–Kier alpha value is 0.830. The molecule has 0 aromatic carbocycles. The van der Waals surface area contributed by atoms with Gasteiger partial charge in [-0.05, 0) is 20.8 Å². The molecule has 0 fully saturated rings. The highest BCUT2D eigenvalue weighted by molar-refractivity contribution is 6.63. The smallest absolute Gasteiger partial charge is 0.180 e. The van der Waals surface area contributed by atoms with E-state index in [0.29, 0.717) is 0 Å². The van der Waals surface area contributed by atoms with E-state index in [0.717, 1.165) is 0 Å². The Morgan fingerprint density at radius 3 is 1.33 bits per heavy atom. The van der Waals surface area contributed by atoms with E-state index in [2.05, 4.69) is 0 Å². The first-order valence-electron chi connectivity index (χ1n) is 2.79. The fourth-order valence-corrected chi connectivity index (χ4v) is 0. The topological polar surface area (TPSA) is 20.2 Å². The zero-order valence-corrected chi connectivity index (χ0v) is 7.85. The predicted molar refractivity (Wildman–Crippen MR) is 43.3 cm³/mol. The molecule has 0 bridgehead atoms. The molecule has 0 saturated heterocycles. The SMILES string of the molecule is CC(C)(C)O.[2H]C(Cl)(Cl)Cl. The number of rotatable bonds is 0. The van der Waals surface area contributed by atoms with Crippen LogP contribution >= 0.6 is 34.8 Å². The summed E-state index contributed by atoms with van der Waals surface area (Å²) in [5.74, 6) is 0. The van der Waals surface area contributed by atoms with Crippen molar-refractivity contribution in [3.05, 3.63) is 0 Å². The van der Waals surface area contributed by atoms with Gasteiger partial charge in [-0.1, -0.05) is 34.8 Å². The summed E-state index contributed by atoms with van der Waals surface area (Å²) in [6, 6.07) is 0. The molecule has 0 aliphatic heterocycles. The monoisotopic (exact) mass is 193 g/mol. The lowest BCUT2D eigenvalue weighted by molar-refractivity contribution is 0.102. The molecular formula is C5H11Cl3O. The number of alkyl halides is 3.